The van der Waals surface area contributed by atoms with Gasteiger partial charge in [-0.2, -0.15) is 0 Å². The van der Waals surface area contributed by atoms with Crippen LogP contribution in [0.1, 0.15) is 66.7 Å². The zero-order chi connectivity index (χ0) is 23.9. The molecule has 0 radical (unpaired) electrons. The van der Waals surface area contributed by atoms with Gasteiger partial charge in [0.05, 0.1) is 25.7 Å². The lowest BCUT2D eigenvalue weighted by molar-refractivity contribution is -0.138. The first-order valence-corrected chi connectivity index (χ1v) is 13.9. The van der Waals surface area contributed by atoms with Crippen LogP contribution in [0.4, 0.5) is 0 Å². The minimum atomic E-state index is -0.148. The summed E-state index contributed by atoms with van der Waals surface area (Å²) >= 11 is 3.45. The van der Waals surface area contributed by atoms with Crippen molar-refractivity contribution in [2.75, 3.05) is 25.7 Å². The fourth-order valence-corrected chi connectivity index (χ4v) is 7.37. The molecule has 0 saturated carbocycles. The number of allylic oxidation sites excluding steroid dienone is 3. The van der Waals surface area contributed by atoms with Crippen molar-refractivity contribution in [1.29, 1.82) is 0 Å². The van der Waals surface area contributed by atoms with E-state index < -0.39 is 0 Å². The van der Waals surface area contributed by atoms with Crippen LogP contribution >= 0.6 is 23.5 Å². The zero-order valence-electron chi connectivity index (χ0n) is 20.9. The maximum atomic E-state index is 11.7. The lowest BCUT2D eigenvalue weighted by Gasteiger charge is -2.40. The molecule has 0 aromatic rings. The van der Waals surface area contributed by atoms with Crippen LogP contribution in [0.5, 0.6) is 0 Å². The highest BCUT2D eigenvalue weighted by Crippen LogP contribution is 2.45. The summed E-state index contributed by atoms with van der Waals surface area (Å²) in [5, 5.41) is 0.383. The summed E-state index contributed by atoms with van der Waals surface area (Å²) in [6, 6.07) is 0. The molecule has 0 aromatic heterocycles. The number of esters is 2. The number of hydrogen-bond donors (Lipinski definition) is 0. The van der Waals surface area contributed by atoms with Gasteiger partial charge in [-0.25, -0.2) is 0 Å². The molecule has 32 heavy (non-hydrogen) atoms. The van der Waals surface area contributed by atoms with Crippen LogP contribution in [0.2, 0.25) is 0 Å². The first-order valence-electron chi connectivity index (χ1n) is 11.8. The van der Waals surface area contributed by atoms with E-state index in [1.165, 1.54) is 26.2 Å². The molecular formula is C26H42O4S2. The van der Waals surface area contributed by atoms with Gasteiger partial charge in [0.1, 0.15) is 0 Å². The molecule has 0 aliphatic heterocycles. The molecule has 0 N–H and O–H groups in total. The third-order valence-electron chi connectivity index (χ3n) is 7.32. The second-order valence-corrected chi connectivity index (χ2v) is 12.9. The van der Waals surface area contributed by atoms with E-state index in [2.05, 4.69) is 46.8 Å². The number of rotatable bonds is 10. The molecule has 0 amide bonds. The highest BCUT2D eigenvalue weighted by molar-refractivity contribution is 8.01. The molecule has 2 aliphatic carbocycles. The van der Waals surface area contributed by atoms with E-state index in [0.717, 1.165) is 25.7 Å². The van der Waals surface area contributed by atoms with Crippen LogP contribution in [0, 0.1) is 23.7 Å². The lowest BCUT2D eigenvalue weighted by Crippen LogP contribution is -2.33. The van der Waals surface area contributed by atoms with Gasteiger partial charge >= 0.3 is 11.9 Å². The van der Waals surface area contributed by atoms with Gasteiger partial charge in [0.15, 0.2) is 0 Å². The van der Waals surface area contributed by atoms with Crippen LogP contribution in [0.15, 0.2) is 23.3 Å². The van der Waals surface area contributed by atoms with Crippen molar-refractivity contribution >= 4 is 35.5 Å². The molecule has 0 aromatic carbocycles. The van der Waals surface area contributed by atoms with E-state index in [1.54, 1.807) is 29.1 Å². The molecule has 0 saturated heterocycles. The van der Waals surface area contributed by atoms with Gasteiger partial charge < -0.3 is 9.47 Å². The molecule has 2 rings (SSSR count). The summed E-state index contributed by atoms with van der Waals surface area (Å²) < 4.78 is 9.74. The minimum absolute atomic E-state index is 0.0340. The smallest absolute Gasteiger partial charge is 0.315 e. The van der Waals surface area contributed by atoms with Gasteiger partial charge in [0, 0.05) is 10.00 Å². The van der Waals surface area contributed by atoms with E-state index in [0.29, 0.717) is 40.4 Å². The van der Waals surface area contributed by atoms with Crippen molar-refractivity contribution in [2.45, 2.75) is 76.7 Å². The normalized spacial score (nSPS) is 26.4. The SMILES string of the molecule is COC(=O)CSC1C=C(CC2CC(C(C)(C)SCC(=O)OC)CC=C2C)CCC1C(C)C. The number of carbonyl (C=O) groups is 2. The Kier molecular flexibility index (Phi) is 10.7. The average molecular weight is 483 g/mol. The van der Waals surface area contributed by atoms with Crippen molar-refractivity contribution in [3.63, 3.8) is 0 Å². The van der Waals surface area contributed by atoms with Crippen LogP contribution in [-0.4, -0.2) is 47.7 Å². The second-order valence-electron chi connectivity index (χ2n) is 10.1. The lowest BCUT2D eigenvalue weighted by atomic mass is 9.72. The summed E-state index contributed by atoms with van der Waals surface area (Å²) in [5.41, 5.74) is 3.04. The van der Waals surface area contributed by atoms with Crippen LogP contribution in [-0.2, 0) is 19.1 Å². The fraction of sp³-hybridized carbons (Fsp3) is 0.769. The number of methoxy groups -OCH3 is 2. The second kappa shape index (κ2) is 12.5. The molecule has 2 aliphatic rings. The molecule has 4 nitrogen and oxygen atoms in total. The van der Waals surface area contributed by atoms with Crippen molar-refractivity contribution < 1.29 is 19.1 Å². The van der Waals surface area contributed by atoms with Crippen LogP contribution in [0.25, 0.3) is 0 Å². The number of hydrogen-bond acceptors (Lipinski definition) is 6. The predicted molar refractivity (Wildman–Crippen MR) is 137 cm³/mol. The van der Waals surface area contributed by atoms with Gasteiger partial charge in [-0.3, -0.25) is 9.59 Å². The van der Waals surface area contributed by atoms with E-state index >= 15 is 0 Å². The molecule has 0 heterocycles. The van der Waals surface area contributed by atoms with Gasteiger partial charge in [0.2, 0.25) is 0 Å². The Balaban J connectivity index is 2.07. The number of thioether (sulfide) groups is 2. The highest BCUT2D eigenvalue weighted by Gasteiger charge is 2.36. The standard InChI is InChI=1S/C26H42O4S2/c1-17(2)22-11-9-19(13-23(22)31-15-24(27)29-6)12-20-14-21(10-8-18(20)3)26(4,5)32-16-25(28)30-7/h8,13,17,20-23H,9-12,14-16H2,1-7H3. The van der Waals surface area contributed by atoms with E-state index in [1.807, 2.05) is 0 Å². The Morgan fingerprint density at radius 2 is 1.81 bits per heavy atom. The Morgan fingerprint density at radius 1 is 1.16 bits per heavy atom. The van der Waals surface area contributed by atoms with Crippen LogP contribution < -0.4 is 0 Å². The van der Waals surface area contributed by atoms with Crippen molar-refractivity contribution in [3.05, 3.63) is 23.3 Å². The first kappa shape index (κ1) is 27.4. The minimum Gasteiger partial charge on any atom is -0.468 e. The third kappa shape index (κ3) is 7.86. The maximum absolute atomic E-state index is 11.7. The Morgan fingerprint density at radius 3 is 2.44 bits per heavy atom. The van der Waals surface area contributed by atoms with Gasteiger partial charge in [-0.1, -0.05) is 51.0 Å². The van der Waals surface area contributed by atoms with E-state index in [9.17, 15) is 9.59 Å². The predicted octanol–water partition coefficient (Wildman–Crippen LogP) is 6.30. The van der Waals surface area contributed by atoms with Crippen LogP contribution in [0.3, 0.4) is 0 Å². The Labute approximate surface area is 203 Å². The molecule has 182 valence electrons. The van der Waals surface area contributed by atoms with Crippen molar-refractivity contribution in [3.8, 4) is 0 Å². The molecule has 6 heteroatoms. The quantitative estimate of drug-likeness (QED) is 0.269. The van der Waals surface area contributed by atoms with Crippen molar-refractivity contribution in [2.24, 2.45) is 23.7 Å². The summed E-state index contributed by atoms with van der Waals surface area (Å²) in [6.45, 7) is 11.4. The highest BCUT2D eigenvalue weighted by atomic mass is 32.2. The summed E-state index contributed by atoms with van der Waals surface area (Å²) in [7, 11) is 2.92. The Bertz CT molecular complexity index is 711. The largest absolute Gasteiger partial charge is 0.468 e. The van der Waals surface area contributed by atoms with Gasteiger partial charge in [0.25, 0.3) is 0 Å². The topological polar surface area (TPSA) is 52.6 Å². The number of ether oxygens (including phenoxy) is 2. The fourth-order valence-electron chi connectivity index (χ4n) is 4.90. The van der Waals surface area contributed by atoms with Gasteiger partial charge in [-0.15, -0.1) is 23.5 Å². The first-order chi connectivity index (χ1) is 15.1. The Hall–Kier alpha value is -0.880. The third-order valence-corrected chi connectivity index (χ3v) is 10.0. The summed E-state index contributed by atoms with van der Waals surface area (Å²) in [5.74, 6) is 2.86. The number of carbonyl (C=O) groups excluding carboxylic acids is 2. The summed E-state index contributed by atoms with van der Waals surface area (Å²) in [4.78, 5) is 23.4. The van der Waals surface area contributed by atoms with E-state index in [4.69, 9.17) is 9.47 Å². The monoisotopic (exact) mass is 482 g/mol. The molecule has 4 atom stereocenters. The molecule has 4 unspecified atom stereocenters. The molecule has 0 fully saturated rings. The molecular weight excluding hydrogens is 440 g/mol. The van der Waals surface area contributed by atoms with Gasteiger partial charge in [-0.05, 0) is 62.7 Å². The molecule has 0 spiro atoms. The zero-order valence-corrected chi connectivity index (χ0v) is 22.6. The maximum Gasteiger partial charge on any atom is 0.315 e. The van der Waals surface area contributed by atoms with Crippen molar-refractivity contribution in [1.82, 2.24) is 0 Å². The van der Waals surface area contributed by atoms with E-state index in [-0.39, 0.29) is 16.7 Å². The summed E-state index contributed by atoms with van der Waals surface area (Å²) in [6.07, 6.45) is 10.6. The average Bonchev–Trinajstić information content (AvgIpc) is 2.77. The molecule has 0 bridgehead atoms.